The number of amides is 1. The van der Waals surface area contributed by atoms with Gasteiger partial charge in [0, 0.05) is 5.92 Å². The number of hydrogen-bond donors (Lipinski definition) is 1. The van der Waals surface area contributed by atoms with Gasteiger partial charge in [-0.15, -0.1) is 6.58 Å². The van der Waals surface area contributed by atoms with E-state index in [9.17, 15) is 4.79 Å². The molecule has 0 aromatic heterocycles. The van der Waals surface area contributed by atoms with Gasteiger partial charge in [0.1, 0.15) is 5.60 Å². The molecule has 1 aromatic carbocycles. The highest BCUT2D eigenvalue weighted by Crippen LogP contribution is 2.37. The summed E-state index contributed by atoms with van der Waals surface area (Å²) in [4.78, 5) is 12.2. The van der Waals surface area contributed by atoms with Gasteiger partial charge in [0.25, 0.3) is 0 Å². The number of ether oxygens (including phenoxy) is 1. The predicted molar refractivity (Wildman–Crippen MR) is 91.7 cm³/mol. The van der Waals surface area contributed by atoms with Crippen LogP contribution in [0.4, 0.5) is 4.79 Å². The van der Waals surface area contributed by atoms with Crippen LogP contribution in [-0.4, -0.2) is 11.7 Å². The molecule has 0 spiro atoms. The summed E-state index contributed by atoms with van der Waals surface area (Å²) >= 11 is 0. The van der Waals surface area contributed by atoms with Gasteiger partial charge in [-0.25, -0.2) is 4.79 Å². The number of rotatable bonds is 4. The van der Waals surface area contributed by atoms with Crippen LogP contribution >= 0.6 is 0 Å². The summed E-state index contributed by atoms with van der Waals surface area (Å²) in [6.07, 6.45) is 1.51. The van der Waals surface area contributed by atoms with E-state index in [1.807, 2.05) is 57.2 Å². The molecule has 1 amide bonds. The van der Waals surface area contributed by atoms with Crippen LogP contribution in [0.3, 0.4) is 0 Å². The molecule has 0 aliphatic heterocycles. The van der Waals surface area contributed by atoms with Crippen LogP contribution in [0.1, 0.15) is 53.1 Å². The molecule has 122 valence electrons. The van der Waals surface area contributed by atoms with Crippen molar-refractivity contribution in [2.75, 3.05) is 0 Å². The minimum absolute atomic E-state index is 0.0305. The van der Waals surface area contributed by atoms with E-state index in [4.69, 9.17) is 4.74 Å². The standard InChI is InChI=1S/C19H29NO2/c1-8-15(18(2,3)4)16(14-12-10-9-11-13-14)20-17(21)22-19(5,6)7/h8-13,15-16H,1H2,2-7H3,(H,20,21)/t15-,16+/m0/s1. The minimum atomic E-state index is -0.517. The zero-order valence-corrected chi connectivity index (χ0v) is 14.6. The van der Waals surface area contributed by atoms with E-state index in [2.05, 4.69) is 32.7 Å². The molecule has 0 fully saturated rings. The van der Waals surface area contributed by atoms with Gasteiger partial charge in [0.05, 0.1) is 6.04 Å². The second-order valence-corrected chi connectivity index (χ2v) is 7.66. The van der Waals surface area contributed by atoms with Crippen molar-refractivity contribution in [1.29, 1.82) is 0 Å². The molecule has 1 N–H and O–H groups in total. The van der Waals surface area contributed by atoms with E-state index >= 15 is 0 Å². The Morgan fingerprint density at radius 3 is 2.09 bits per heavy atom. The molecule has 22 heavy (non-hydrogen) atoms. The quantitative estimate of drug-likeness (QED) is 0.786. The SMILES string of the molecule is C=C[C@@H]([C@H](NC(=O)OC(C)(C)C)c1ccccc1)C(C)(C)C. The molecule has 1 rings (SSSR count). The van der Waals surface area contributed by atoms with Gasteiger partial charge in [-0.2, -0.15) is 0 Å². The summed E-state index contributed by atoms with van der Waals surface area (Å²) in [7, 11) is 0. The first-order valence-electron chi connectivity index (χ1n) is 7.71. The number of carbonyl (C=O) groups is 1. The van der Waals surface area contributed by atoms with Crippen LogP contribution in [0.2, 0.25) is 0 Å². The molecule has 1 aromatic rings. The maximum atomic E-state index is 12.2. The van der Waals surface area contributed by atoms with Crippen LogP contribution in [0.5, 0.6) is 0 Å². The van der Waals surface area contributed by atoms with E-state index in [1.165, 1.54) is 0 Å². The Labute approximate surface area is 134 Å². The number of hydrogen-bond acceptors (Lipinski definition) is 2. The molecule has 0 aliphatic carbocycles. The van der Waals surface area contributed by atoms with Crippen LogP contribution in [0.25, 0.3) is 0 Å². The molecule has 3 heteroatoms. The fourth-order valence-corrected chi connectivity index (χ4v) is 2.46. The van der Waals surface area contributed by atoms with Crippen molar-refractivity contribution >= 4 is 6.09 Å². The predicted octanol–water partition coefficient (Wildman–Crippen LogP) is 5.10. The number of carbonyl (C=O) groups excluding carboxylic acids is 1. The molecule has 2 atom stereocenters. The van der Waals surface area contributed by atoms with Crippen molar-refractivity contribution in [3.05, 3.63) is 48.6 Å². The molecule has 0 saturated carbocycles. The summed E-state index contributed by atoms with van der Waals surface area (Å²) in [5, 5.41) is 3.02. The summed E-state index contributed by atoms with van der Waals surface area (Å²) < 4.78 is 5.41. The van der Waals surface area contributed by atoms with E-state index < -0.39 is 11.7 Å². The highest BCUT2D eigenvalue weighted by molar-refractivity contribution is 5.68. The van der Waals surface area contributed by atoms with E-state index in [0.29, 0.717) is 0 Å². The number of nitrogens with one attached hydrogen (secondary N) is 1. The highest BCUT2D eigenvalue weighted by Gasteiger charge is 2.33. The van der Waals surface area contributed by atoms with Gasteiger partial charge in [-0.1, -0.05) is 57.2 Å². The smallest absolute Gasteiger partial charge is 0.408 e. The lowest BCUT2D eigenvalue weighted by Crippen LogP contribution is -2.40. The first-order valence-corrected chi connectivity index (χ1v) is 7.71. The summed E-state index contributed by atoms with van der Waals surface area (Å²) in [5.74, 6) is 0.0856. The topological polar surface area (TPSA) is 38.3 Å². The van der Waals surface area contributed by atoms with Crippen molar-refractivity contribution in [2.24, 2.45) is 11.3 Å². The Hall–Kier alpha value is -1.77. The maximum Gasteiger partial charge on any atom is 0.408 e. The van der Waals surface area contributed by atoms with Crippen molar-refractivity contribution in [2.45, 2.75) is 53.2 Å². The van der Waals surface area contributed by atoms with E-state index in [-0.39, 0.29) is 17.4 Å². The van der Waals surface area contributed by atoms with Crippen molar-refractivity contribution < 1.29 is 9.53 Å². The van der Waals surface area contributed by atoms with Crippen LogP contribution in [-0.2, 0) is 4.74 Å². The summed E-state index contributed by atoms with van der Waals surface area (Å²) in [5.41, 5.74) is 0.502. The summed E-state index contributed by atoms with van der Waals surface area (Å²) in [6, 6.07) is 9.78. The van der Waals surface area contributed by atoms with E-state index in [1.54, 1.807) is 0 Å². The first kappa shape index (κ1) is 18.3. The van der Waals surface area contributed by atoms with Crippen LogP contribution in [0.15, 0.2) is 43.0 Å². The fourth-order valence-electron chi connectivity index (χ4n) is 2.46. The largest absolute Gasteiger partial charge is 0.444 e. The number of alkyl carbamates (subject to hydrolysis) is 1. The van der Waals surface area contributed by atoms with Gasteiger partial charge >= 0.3 is 6.09 Å². The van der Waals surface area contributed by atoms with Crippen LogP contribution in [0, 0.1) is 11.3 Å². The zero-order valence-electron chi connectivity index (χ0n) is 14.6. The normalized spacial score (nSPS) is 14.8. The molecule has 0 aliphatic rings. The lowest BCUT2D eigenvalue weighted by Gasteiger charge is -2.36. The second kappa shape index (κ2) is 6.99. The molecule has 0 radical (unpaired) electrons. The van der Waals surface area contributed by atoms with Crippen molar-refractivity contribution in [3.8, 4) is 0 Å². The van der Waals surface area contributed by atoms with Gasteiger partial charge < -0.3 is 10.1 Å². The third kappa shape index (κ3) is 5.55. The zero-order chi connectivity index (χ0) is 17.0. The second-order valence-electron chi connectivity index (χ2n) is 7.66. The first-order chi connectivity index (χ1) is 10.0. The van der Waals surface area contributed by atoms with Gasteiger partial charge in [0.15, 0.2) is 0 Å². The lowest BCUT2D eigenvalue weighted by atomic mass is 9.74. The Morgan fingerprint density at radius 2 is 1.68 bits per heavy atom. The fraction of sp³-hybridized carbons (Fsp3) is 0.526. The Balaban J connectivity index is 3.07. The lowest BCUT2D eigenvalue weighted by molar-refractivity contribution is 0.0471. The molecule has 0 saturated heterocycles. The molecule has 0 bridgehead atoms. The Kier molecular flexibility index (Phi) is 5.81. The van der Waals surface area contributed by atoms with Gasteiger partial charge in [-0.3, -0.25) is 0 Å². The Bertz CT molecular complexity index is 494. The molecular formula is C19H29NO2. The minimum Gasteiger partial charge on any atom is -0.444 e. The highest BCUT2D eigenvalue weighted by atomic mass is 16.6. The van der Waals surface area contributed by atoms with E-state index in [0.717, 1.165) is 5.56 Å². The number of benzene rings is 1. The van der Waals surface area contributed by atoms with Crippen molar-refractivity contribution in [1.82, 2.24) is 5.32 Å². The molecule has 3 nitrogen and oxygen atoms in total. The average molecular weight is 303 g/mol. The van der Waals surface area contributed by atoms with Gasteiger partial charge in [0.2, 0.25) is 0 Å². The van der Waals surface area contributed by atoms with Crippen LogP contribution < -0.4 is 5.32 Å². The molecule has 0 heterocycles. The van der Waals surface area contributed by atoms with Gasteiger partial charge in [-0.05, 0) is 31.7 Å². The monoisotopic (exact) mass is 303 g/mol. The Morgan fingerprint density at radius 1 is 1.14 bits per heavy atom. The maximum absolute atomic E-state index is 12.2. The third-order valence-corrected chi connectivity index (χ3v) is 3.44. The molecular weight excluding hydrogens is 274 g/mol. The average Bonchev–Trinajstić information content (AvgIpc) is 2.35. The van der Waals surface area contributed by atoms with Crippen molar-refractivity contribution in [3.63, 3.8) is 0 Å². The summed E-state index contributed by atoms with van der Waals surface area (Å²) in [6.45, 7) is 16.0. The molecule has 0 unspecified atom stereocenters. The third-order valence-electron chi connectivity index (χ3n) is 3.44.